The summed E-state index contributed by atoms with van der Waals surface area (Å²) < 4.78 is 5.71. The van der Waals surface area contributed by atoms with E-state index in [1.54, 1.807) is 4.90 Å². The molecule has 2 aliphatic rings. The quantitative estimate of drug-likeness (QED) is 0.685. The normalized spacial score (nSPS) is 17.6. The molecular formula is C22H19N3O4S. The van der Waals surface area contributed by atoms with Crippen molar-refractivity contribution in [1.82, 2.24) is 15.1 Å². The zero-order chi connectivity index (χ0) is 20.7. The van der Waals surface area contributed by atoms with E-state index >= 15 is 0 Å². The summed E-state index contributed by atoms with van der Waals surface area (Å²) in [5.74, 6) is -1.05. The number of benzene rings is 2. The van der Waals surface area contributed by atoms with Gasteiger partial charge in [0.2, 0.25) is 5.01 Å². The molecule has 0 saturated carbocycles. The predicted octanol–water partition coefficient (Wildman–Crippen LogP) is 3.97. The van der Waals surface area contributed by atoms with Gasteiger partial charge in [-0.05, 0) is 28.7 Å². The number of amides is 1. The number of hydrogen-bond acceptors (Lipinski definition) is 6. The minimum Gasteiger partial charge on any atom is -0.476 e. The number of carboxylic acid groups (broad SMARTS) is 1. The summed E-state index contributed by atoms with van der Waals surface area (Å²) in [6, 6.07) is 16.5. The average molecular weight is 421 g/mol. The van der Waals surface area contributed by atoms with Crippen molar-refractivity contribution in [2.24, 2.45) is 0 Å². The lowest BCUT2D eigenvalue weighted by molar-refractivity contribution is 0.0695. The molecule has 2 aromatic carbocycles. The average Bonchev–Trinajstić information content (AvgIpc) is 3.49. The van der Waals surface area contributed by atoms with Gasteiger partial charge in [0.15, 0.2) is 0 Å². The largest absolute Gasteiger partial charge is 0.476 e. The highest BCUT2D eigenvalue weighted by Gasteiger charge is 2.33. The molecular weight excluding hydrogens is 402 g/mol. The van der Waals surface area contributed by atoms with E-state index < -0.39 is 5.97 Å². The summed E-state index contributed by atoms with van der Waals surface area (Å²) >= 11 is 1.07. The Morgan fingerprint density at radius 2 is 1.73 bits per heavy atom. The van der Waals surface area contributed by atoms with Crippen LogP contribution in [0, 0.1) is 0 Å². The van der Waals surface area contributed by atoms with Gasteiger partial charge in [-0.25, -0.2) is 9.59 Å². The number of carbonyl (C=O) groups is 2. The van der Waals surface area contributed by atoms with Crippen molar-refractivity contribution in [1.29, 1.82) is 0 Å². The molecule has 1 saturated heterocycles. The van der Waals surface area contributed by atoms with Crippen molar-refractivity contribution in [3.63, 3.8) is 0 Å². The molecule has 1 amide bonds. The summed E-state index contributed by atoms with van der Waals surface area (Å²) in [5, 5.41) is 17.3. The van der Waals surface area contributed by atoms with Crippen molar-refractivity contribution >= 4 is 23.4 Å². The zero-order valence-electron chi connectivity index (χ0n) is 16.0. The second-order valence-electron chi connectivity index (χ2n) is 7.49. The SMILES string of the molecule is O=C(O)c1nnc(C2CCN(C(=O)OCC3c4ccccc4-c4ccccc43)C2)s1. The number of nitrogens with zero attached hydrogens (tertiary/aromatic N) is 3. The first-order valence-electron chi connectivity index (χ1n) is 9.78. The fourth-order valence-electron chi connectivity index (χ4n) is 4.30. The lowest BCUT2D eigenvalue weighted by atomic mass is 9.98. The van der Waals surface area contributed by atoms with Crippen LogP contribution in [0.1, 0.15) is 44.2 Å². The number of carbonyl (C=O) groups excluding carboxylic acids is 1. The molecule has 1 aromatic heterocycles. The van der Waals surface area contributed by atoms with Crippen LogP contribution in [0.4, 0.5) is 4.79 Å². The molecule has 1 aliphatic heterocycles. The third-order valence-electron chi connectivity index (χ3n) is 5.76. The first kappa shape index (κ1) is 18.7. The monoisotopic (exact) mass is 421 g/mol. The second-order valence-corrected chi connectivity index (χ2v) is 8.50. The third-order valence-corrected chi connectivity index (χ3v) is 6.83. The summed E-state index contributed by atoms with van der Waals surface area (Å²) in [6.07, 6.45) is 0.376. The molecule has 1 N–H and O–H groups in total. The molecule has 8 heteroatoms. The molecule has 1 atom stereocenters. The molecule has 2 heterocycles. The molecule has 3 aromatic rings. The van der Waals surface area contributed by atoms with Gasteiger partial charge < -0.3 is 14.7 Å². The van der Waals surface area contributed by atoms with Crippen LogP contribution >= 0.6 is 11.3 Å². The van der Waals surface area contributed by atoms with E-state index in [0.717, 1.165) is 17.8 Å². The number of ether oxygens (including phenoxy) is 1. The van der Waals surface area contributed by atoms with Crippen molar-refractivity contribution < 1.29 is 19.4 Å². The summed E-state index contributed by atoms with van der Waals surface area (Å²) in [4.78, 5) is 25.4. The smallest absolute Gasteiger partial charge is 0.409 e. The summed E-state index contributed by atoms with van der Waals surface area (Å²) in [5.41, 5.74) is 4.75. The van der Waals surface area contributed by atoms with Crippen LogP contribution in [0.3, 0.4) is 0 Å². The predicted molar refractivity (Wildman–Crippen MR) is 111 cm³/mol. The zero-order valence-corrected chi connectivity index (χ0v) is 16.8. The van der Waals surface area contributed by atoms with Crippen LogP contribution < -0.4 is 0 Å². The van der Waals surface area contributed by atoms with E-state index in [4.69, 9.17) is 9.84 Å². The number of fused-ring (bicyclic) bond motifs is 3. The van der Waals surface area contributed by atoms with Crippen LogP contribution in [0.5, 0.6) is 0 Å². The van der Waals surface area contributed by atoms with Crippen molar-refractivity contribution in [3.05, 3.63) is 69.7 Å². The summed E-state index contributed by atoms with van der Waals surface area (Å²) in [6.45, 7) is 1.31. The standard InChI is InChI=1S/C22H19N3O4S/c26-21(27)20-24-23-19(30-20)13-9-10-25(11-13)22(28)29-12-18-16-7-3-1-5-14(16)15-6-2-4-8-17(15)18/h1-8,13,18H,9-12H2,(H,26,27). The second kappa shape index (κ2) is 7.53. The van der Waals surface area contributed by atoms with Crippen LogP contribution in [0.25, 0.3) is 11.1 Å². The van der Waals surface area contributed by atoms with E-state index in [1.165, 1.54) is 22.3 Å². The van der Waals surface area contributed by atoms with Crippen molar-refractivity contribution in [2.45, 2.75) is 18.3 Å². The Morgan fingerprint density at radius 3 is 2.37 bits per heavy atom. The number of aromatic carboxylic acids is 1. The van der Waals surface area contributed by atoms with Gasteiger partial charge in [-0.3, -0.25) is 0 Å². The maximum absolute atomic E-state index is 12.7. The maximum atomic E-state index is 12.7. The summed E-state index contributed by atoms with van der Waals surface area (Å²) in [7, 11) is 0. The lowest BCUT2D eigenvalue weighted by Crippen LogP contribution is -2.30. The molecule has 0 spiro atoms. The Kier molecular flexibility index (Phi) is 4.71. The Labute approximate surface area is 176 Å². The first-order chi connectivity index (χ1) is 14.6. The minimum absolute atomic E-state index is 0.00363. The molecule has 152 valence electrons. The van der Waals surface area contributed by atoms with Gasteiger partial charge in [0.25, 0.3) is 0 Å². The van der Waals surface area contributed by atoms with Gasteiger partial charge in [-0.15, -0.1) is 10.2 Å². The highest BCUT2D eigenvalue weighted by Crippen LogP contribution is 2.44. The van der Waals surface area contributed by atoms with Gasteiger partial charge in [-0.1, -0.05) is 59.9 Å². The number of rotatable bonds is 4. The fraction of sp³-hybridized carbons (Fsp3) is 0.273. The fourth-order valence-corrected chi connectivity index (χ4v) is 5.11. The van der Waals surface area contributed by atoms with Crippen LogP contribution in [0.2, 0.25) is 0 Å². The van der Waals surface area contributed by atoms with E-state index in [2.05, 4.69) is 34.5 Å². The van der Waals surface area contributed by atoms with Gasteiger partial charge >= 0.3 is 12.1 Å². The molecule has 0 bridgehead atoms. The molecule has 30 heavy (non-hydrogen) atoms. The van der Waals surface area contributed by atoms with Gasteiger partial charge in [0.1, 0.15) is 11.6 Å². The number of aromatic nitrogens is 2. The Hall–Kier alpha value is -3.26. The van der Waals surface area contributed by atoms with Crippen LogP contribution in [0.15, 0.2) is 48.5 Å². The molecule has 1 aliphatic carbocycles. The number of carboxylic acids is 1. The first-order valence-corrected chi connectivity index (χ1v) is 10.6. The van der Waals surface area contributed by atoms with Crippen LogP contribution in [-0.4, -0.2) is 52.0 Å². The number of likely N-dealkylation sites (tertiary alicyclic amines) is 1. The van der Waals surface area contributed by atoms with E-state index in [9.17, 15) is 9.59 Å². The molecule has 5 rings (SSSR count). The van der Waals surface area contributed by atoms with Gasteiger partial charge in [-0.2, -0.15) is 0 Å². The maximum Gasteiger partial charge on any atom is 0.409 e. The van der Waals surface area contributed by atoms with Gasteiger partial charge in [0, 0.05) is 24.9 Å². The molecule has 0 radical (unpaired) electrons. The number of hydrogen-bond donors (Lipinski definition) is 1. The molecule has 1 fully saturated rings. The Balaban J connectivity index is 1.25. The Bertz CT molecular complexity index is 1080. The highest BCUT2D eigenvalue weighted by molar-refractivity contribution is 7.13. The van der Waals surface area contributed by atoms with Crippen molar-refractivity contribution in [2.75, 3.05) is 19.7 Å². The van der Waals surface area contributed by atoms with Crippen LogP contribution in [-0.2, 0) is 4.74 Å². The van der Waals surface area contributed by atoms with Crippen molar-refractivity contribution in [3.8, 4) is 11.1 Å². The topological polar surface area (TPSA) is 92.6 Å². The molecule has 1 unspecified atom stereocenters. The highest BCUT2D eigenvalue weighted by atomic mass is 32.1. The molecule has 7 nitrogen and oxygen atoms in total. The van der Waals surface area contributed by atoms with Gasteiger partial charge in [0.05, 0.1) is 0 Å². The Morgan fingerprint density at radius 1 is 1.07 bits per heavy atom. The van der Waals surface area contributed by atoms with E-state index in [1.807, 2.05) is 24.3 Å². The van der Waals surface area contributed by atoms with E-state index in [-0.39, 0.29) is 29.5 Å². The van der Waals surface area contributed by atoms with E-state index in [0.29, 0.717) is 18.1 Å². The third kappa shape index (κ3) is 3.23. The lowest BCUT2D eigenvalue weighted by Gasteiger charge is -2.19. The minimum atomic E-state index is -1.08.